The molecule has 3 rings (SSSR count). The molecule has 2 nitrogen and oxygen atoms in total. The molecule has 0 aliphatic heterocycles. The van der Waals surface area contributed by atoms with E-state index in [0.29, 0.717) is 29.8 Å². The van der Waals surface area contributed by atoms with Crippen molar-refractivity contribution < 1.29 is 5.11 Å². The lowest BCUT2D eigenvalue weighted by atomic mass is 9.89. The fourth-order valence-corrected chi connectivity index (χ4v) is 6.70. The Bertz CT molecular complexity index is 760. The number of hydrogen-bond donors (Lipinski definition) is 1. The highest BCUT2D eigenvalue weighted by Gasteiger charge is 2.43. The fraction of sp³-hybridized carbons (Fsp3) is 0.655. The van der Waals surface area contributed by atoms with Gasteiger partial charge >= 0.3 is 0 Å². The molecule has 2 aliphatic carbocycles. The molecule has 0 heterocycles. The number of allylic oxidation sites excluding steroid dienone is 3. The van der Waals surface area contributed by atoms with E-state index in [1.807, 2.05) is 0 Å². The van der Waals surface area contributed by atoms with E-state index in [2.05, 4.69) is 93.8 Å². The molecule has 0 saturated heterocycles. The van der Waals surface area contributed by atoms with E-state index in [1.165, 1.54) is 42.0 Å². The quantitative estimate of drug-likeness (QED) is 0.281. The number of hydrogen-bond acceptors (Lipinski definition) is 3. The predicted octanol–water partition coefficient (Wildman–Crippen LogP) is 6.67. The van der Waals surface area contributed by atoms with Crippen LogP contribution in [0, 0.1) is 24.7 Å². The zero-order valence-electron chi connectivity index (χ0n) is 21.0. The van der Waals surface area contributed by atoms with Crippen LogP contribution in [0.1, 0.15) is 64.5 Å². The van der Waals surface area contributed by atoms with Gasteiger partial charge in [0.25, 0.3) is 0 Å². The van der Waals surface area contributed by atoms with Crippen LogP contribution in [0.3, 0.4) is 0 Å². The molecule has 0 radical (unpaired) electrons. The van der Waals surface area contributed by atoms with Crippen molar-refractivity contribution in [2.45, 2.75) is 84.9 Å². The predicted molar refractivity (Wildman–Crippen MR) is 141 cm³/mol. The Morgan fingerprint density at radius 1 is 1.12 bits per heavy atom. The summed E-state index contributed by atoms with van der Waals surface area (Å²) in [6.07, 6.45) is 12.5. The third-order valence-corrected chi connectivity index (χ3v) is 8.34. The molecule has 2 aliphatic rings. The second kappa shape index (κ2) is 12.4. The van der Waals surface area contributed by atoms with Crippen LogP contribution in [0.25, 0.3) is 0 Å². The van der Waals surface area contributed by atoms with Crippen LogP contribution in [0.2, 0.25) is 0 Å². The maximum Gasteiger partial charge on any atom is 0.0611 e. The minimum absolute atomic E-state index is 0.162. The lowest BCUT2D eigenvalue weighted by molar-refractivity contribution is 0.141. The Labute approximate surface area is 201 Å². The summed E-state index contributed by atoms with van der Waals surface area (Å²) in [5, 5.41) is 10.6. The van der Waals surface area contributed by atoms with Crippen LogP contribution in [0.5, 0.6) is 0 Å². The second-order valence-corrected chi connectivity index (χ2v) is 11.7. The van der Waals surface area contributed by atoms with E-state index in [4.69, 9.17) is 0 Å². The second-order valence-electron chi connectivity index (χ2n) is 10.5. The third kappa shape index (κ3) is 7.23. The molecule has 0 spiro atoms. The van der Waals surface area contributed by atoms with Gasteiger partial charge in [-0.25, -0.2) is 0 Å². The molecule has 1 fully saturated rings. The van der Waals surface area contributed by atoms with Crippen LogP contribution >= 0.6 is 11.8 Å². The van der Waals surface area contributed by atoms with Gasteiger partial charge in [0.15, 0.2) is 0 Å². The lowest BCUT2D eigenvalue weighted by Gasteiger charge is -2.30. The molecule has 1 aromatic rings. The smallest absolute Gasteiger partial charge is 0.0611 e. The summed E-state index contributed by atoms with van der Waals surface area (Å²) in [5.41, 5.74) is 4.38. The van der Waals surface area contributed by atoms with Crippen molar-refractivity contribution in [3.63, 3.8) is 0 Å². The van der Waals surface area contributed by atoms with E-state index in [9.17, 15) is 5.11 Å². The van der Waals surface area contributed by atoms with Crippen molar-refractivity contribution in [3.8, 4) is 0 Å². The summed E-state index contributed by atoms with van der Waals surface area (Å²) >= 11 is 2.10. The minimum Gasteiger partial charge on any atom is -0.392 e. The van der Waals surface area contributed by atoms with Gasteiger partial charge in [-0.2, -0.15) is 11.8 Å². The maximum absolute atomic E-state index is 10.6. The van der Waals surface area contributed by atoms with Crippen molar-refractivity contribution in [2.75, 3.05) is 18.1 Å². The Kier molecular flexibility index (Phi) is 9.95. The Morgan fingerprint density at radius 2 is 1.91 bits per heavy atom. The monoisotopic (exact) mass is 455 g/mol. The van der Waals surface area contributed by atoms with Crippen LogP contribution in [-0.4, -0.2) is 46.2 Å². The van der Waals surface area contributed by atoms with Gasteiger partial charge < -0.3 is 5.11 Å². The number of benzene rings is 1. The van der Waals surface area contributed by atoms with Crippen LogP contribution in [-0.2, 0) is 6.42 Å². The largest absolute Gasteiger partial charge is 0.392 e. The SMILES string of the molecule is Cc1cccc(CC/C=C/[C@@H]2[C@H]3CC(CCSCCN(C(C)C)C(C)C)=C[C@H]3C[C@H]2O)c1. The van der Waals surface area contributed by atoms with Gasteiger partial charge in [0, 0.05) is 30.3 Å². The average molecular weight is 456 g/mol. The highest BCUT2D eigenvalue weighted by atomic mass is 32.2. The van der Waals surface area contributed by atoms with Gasteiger partial charge in [0.1, 0.15) is 0 Å². The molecule has 0 unspecified atom stereocenters. The van der Waals surface area contributed by atoms with E-state index in [1.54, 1.807) is 5.57 Å². The molecule has 178 valence electrons. The van der Waals surface area contributed by atoms with Gasteiger partial charge in [-0.15, -0.1) is 0 Å². The summed E-state index contributed by atoms with van der Waals surface area (Å²) < 4.78 is 0. The summed E-state index contributed by atoms with van der Waals surface area (Å²) in [6.45, 7) is 12.5. The lowest BCUT2D eigenvalue weighted by Crippen LogP contribution is -2.38. The molecular weight excluding hydrogens is 410 g/mol. The minimum atomic E-state index is -0.162. The Balaban J connectivity index is 1.39. The number of aryl methyl sites for hydroxylation is 2. The van der Waals surface area contributed by atoms with Crippen LogP contribution < -0.4 is 0 Å². The molecular formula is C29H45NOS. The number of aliphatic hydroxyl groups is 1. The summed E-state index contributed by atoms with van der Waals surface area (Å²) in [5.74, 6) is 4.01. The summed E-state index contributed by atoms with van der Waals surface area (Å²) in [4.78, 5) is 2.59. The van der Waals surface area contributed by atoms with Crippen LogP contribution in [0.4, 0.5) is 0 Å². The van der Waals surface area contributed by atoms with E-state index >= 15 is 0 Å². The molecule has 32 heavy (non-hydrogen) atoms. The molecule has 0 amide bonds. The first-order valence-corrected chi connectivity index (χ1v) is 13.9. The van der Waals surface area contributed by atoms with Gasteiger partial charge in [-0.05, 0) is 89.9 Å². The van der Waals surface area contributed by atoms with E-state index in [-0.39, 0.29) is 6.10 Å². The third-order valence-electron chi connectivity index (χ3n) is 7.38. The van der Waals surface area contributed by atoms with Crippen molar-refractivity contribution in [1.82, 2.24) is 4.90 Å². The number of fused-ring (bicyclic) bond motifs is 1. The number of nitrogens with zero attached hydrogens (tertiary/aromatic N) is 1. The summed E-state index contributed by atoms with van der Waals surface area (Å²) in [7, 11) is 0. The highest BCUT2D eigenvalue weighted by molar-refractivity contribution is 7.99. The first-order chi connectivity index (χ1) is 15.3. The number of thioether (sulfide) groups is 1. The maximum atomic E-state index is 10.6. The molecule has 1 N–H and O–H groups in total. The average Bonchev–Trinajstić information content (AvgIpc) is 3.24. The van der Waals surface area contributed by atoms with Gasteiger partial charge in [-0.1, -0.05) is 53.6 Å². The highest BCUT2D eigenvalue weighted by Crippen LogP contribution is 2.48. The van der Waals surface area contributed by atoms with Gasteiger partial charge in [0.2, 0.25) is 0 Å². The Hall–Kier alpha value is -1.03. The zero-order valence-corrected chi connectivity index (χ0v) is 21.8. The van der Waals surface area contributed by atoms with Crippen molar-refractivity contribution in [2.24, 2.45) is 17.8 Å². The van der Waals surface area contributed by atoms with Crippen molar-refractivity contribution in [1.29, 1.82) is 0 Å². The van der Waals surface area contributed by atoms with Crippen molar-refractivity contribution >= 4 is 11.8 Å². The first-order valence-electron chi connectivity index (χ1n) is 12.8. The standard InChI is InChI=1S/C29H45NOS/c1-21(2)30(22(3)4)14-16-32-15-13-25-18-26-20-29(31)27(28(26)19-25)12-7-6-10-24-11-8-9-23(5)17-24/h7-9,11-12,17-18,21-22,26-29,31H,6,10,13-16,19-20H2,1-5H3/b12-7+/t26-,27+,28-,29+/m0/s1. The number of rotatable bonds is 12. The molecule has 3 heteroatoms. The normalized spacial score (nSPS) is 25.5. The molecule has 1 aromatic carbocycles. The molecule has 0 bridgehead atoms. The Morgan fingerprint density at radius 3 is 2.62 bits per heavy atom. The van der Waals surface area contributed by atoms with E-state index in [0.717, 1.165) is 19.3 Å². The van der Waals surface area contributed by atoms with Gasteiger partial charge in [-0.3, -0.25) is 4.90 Å². The number of aliphatic hydroxyl groups excluding tert-OH is 1. The molecule has 0 aromatic heterocycles. The molecule has 4 atom stereocenters. The topological polar surface area (TPSA) is 23.5 Å². The van der Waals surface area contributed by atoms with E-state index < -0.39 is 0 Å². The fourth-order valence-electron chi connectivity index (χ4n) is 5.75. The zero-order chi connectivity index (χ0) is 23.1. The molecule has 1 saturated carbocycles. The van der Waals surface area contributed by atoms with Crippen LogP contribution in [0.15, 0.2) is 48.1 Å². The first kappa shape index (κ1) is 25.6. The van der Waals surface area contributed by atoms with Crippen molar-refractivity contribution in [3.05, 3.63) is 59.2 Å². The summed E-state index contributed by atoms with van der Waals surface area (Å²) in [6, 6.07) is 10.1. The van der Waals surface area contributed by atoms with Gasteiger partial charge in [0.05, 0.1) is 6.10 Å².